The molecule has 6 nitrogen and oxygen atoms in total. The molecule has 5 rings (SSSR count). The van der Waals surface area contributed by atoms with Gasteiger partial charge in [0.05, 0.1) is 29.2 Å². The first-order chi connectivity index (χ1) is 13.3. The molecule has 0 aliphatic rings. The largest absolute Gasteiger partial charge is 0.391 e. The number of fused-ring (bicyclic) bond motifs is 2. The van der Waals surface area contributed by atoms with E-state index in [9.17, 15) is 5.11 Å². The summed E-state index contributed by atoms with van der Waals surface area (Å²) in [5, 5.41) is 18.9. The van der Waals surface area contributed by atoms with Crippen molar-refractivity contribution in [3.63, 3.8) is 0 Å². The van der Waals surface area contributed by atoms with E-state index in [2.05, 4.69) is 33.5 Å². The monoisotopic (exact) mass is 373 g/mol. The molecule has 0 bridgehead atoms. The normalized spacial score (nSPS) is 11.4. The third-order valence-corrected chi connectivity index (χ3v) is 5.52. The molecule has 0 amide bonds. The maximum Gasteiger partial charge on any atom is 0.179 e. The van der Waals surface area contributed by atoms with Gasteiger partial charge in [-0.05, 0) is 48.0 Å². The number of aromatic nitrogens is 5. The lowest BCUT2D eigenvalue weighted by atomic mass is 10.1. The summed E-state index contributed by atoms with van der Waals surface area (Å²) < 4.78 is 1.82. The van der Waals surface area contributed by atoms with E-state index in [0.29, 0.717) is 6.54 Å². The van der Waals surface area contributed by atoms with Gasteiger partial charge in [0.15, 0.2) is 5.65 Å². The summed E-state index contributed by atoms with van der Waals surface area (Å²) >= 11 is 1.54. The number of rotatable bonds is 4. The van der Waals surface area contributed by atoms with Crippen LogP contribution in [0.15, 0.2) is 60.8 Å². The highest BCUT2D eigenvalue weighted by atomic mass is 32.1. The Bertz CT molecular complexity index is 1260. The quantitative estimate of drug-likeness (QED) is 0.520. The summed E-state index contributed by atoms with van der Waals surface area (Å²) in [6.07, 6.45) is 1.80. The van der Waals surface area contributed by atoms with Gasteiger partial charge in [0.25, 0.3) is 0 Å². The van der Waals surface area contributed by atoms with Gasteiger partial charge in [0.2, 0.25) is 0 Å². The summed E-state index contributed by atoms with van der Waals surface area (Å²) in [5.41, 5.74) is 4.46. The first-order valence-corrected chi connectivity index (χ1v) is 9.36. The van der Waals surface area contributed by atoms with E-state index in [1.165, 1.54) is 11.3 Å². The molecule has 4 heterocycles. The fourth-order valence-electron chi connectivity index (χ4n) is 3.09. The zero-order valence-electron chi connectivity index (χ0n) is 14.3. The molecule has 0 saturated carbocycles. The molecule has 1 aromatic carbocycles. The predicted molar refractivity (Wildman–Crippen MR) is 105 cm³/mol. The highest BCUT2D eigenvalue weighted by molar-refractivity contribution is 7.15. The van der Waals surface area contributed by atoms with Gasteiger partial charge >= 0.3 is 0 Å². The molecule has 0 fully saturated rings. The summed E-state index contributed by atoms with van der Waals surface area (Å²) in [6, 6.07) is 18.0. The van der Waals surface area contributed by atoms with Crippen molar-refractivity contribution in [2.24, 2.45) is 0 Å². The molecule has 0 aliphatic heterocycles. The molecule has 4 aromatic heterocycles. The average Bonchev–Trinajstić information content (AvgIpc) is 3.35. The van der Waals surface area contributed by atoms with Gasteiger partial charge < -0.3 is 5.11 Å². The minimum Gasteiger partial charge on any atom is -0.391 e. The topological polar surface area (TPSA) is 76.7 Å². The Morgan fingerprint density at radius 1 is 1.00 bits per heavy atom. The standard InChI is InChI=1S/C20H15N5OS/c26-12-15-4-8-19(27-15)17-6-7-18-20(22-17)25(24-23-18)11-13-3-5-16-14(10-13)2-1-9-21-16/h1-10,26H,11-12H2. The van der Waals surface area contributed by atoms with Crippen LogP contribution in [0.2, 0.25) is 0 Å². The van der Waals surface area contributed by atoms with Crippen molar-refractivity contribution in [2.75, 3.05) is 0 Å². The van der Waals surface area contributed by atoms with E-state index in [4.69, 9.17) is 4.98 Å². The second-order valence-electron chi connectivity index (χ2n) is 6.24. The average molecular weight is 373 g/mol. The third-order valence-electron chi connectivity index (χ3n) is 4.43. The SMILES string of the molecule is OCc1ccc(-c2ccc3nnn(Cc4ccc5ncccc5c4)c3n2)s1. The number of aliphatic hydroxyl groups excluding tert-OH is 1. The summed E-state index contributed by atoms with van der Waals surface area (Å²) in [6.45, 7) is 0.632. The number of hydrogen-bond donors (Lipinski definition) is 1. The minimum absolute atomic E-state index is 0.0449. The molecule has 1 N–H and O–H groups in total. The molecule has 27 heavy (non-hydrogen) atoms. The van der Waals surface area contributed by atoms with E-state index < -0.39 is 0 Å². The summed E-state index contributed by atoms with van der Waals surface area (Å²) in [5.74, 6) is 0. The highest BCUT2D eigenvalue weighted by Crippen LogP contribution is 2.28. The molecular formula is C20H15N5OS. The van der Waals surface area contributed by atoms with Crippen LogP contribution in [0.5, 0.6) is 0 Å². The Morgan fingerprint density at radius 3 is 2.81 bits per heavy atom. The Kier molecular flexibility index (Phi) is 3.88. The van der Waals surface area contributed by atoms with Crippen LogP contribution in [0.4, 0.5) is 0 Å². The van der Waals surface area contributed by atoms with Crippen LogP contribution in [-0.4, -0.2) is 30.1 Å². The van der Waals surface area contributed by atoms with Crippen molar-refractivity contribution in [1.82, 2.24) is 25.0 Å². The molecule has 132 valence electrons. The summed E-state index contributed by atoms with van der Waals surface area (Å²) in [7, 11) is 0. The number of hydrogen-bond acceptors (Lipinski definition) is 6. The van der Waals surface area contributed by atoms with Crippen molar-refractivity contribution < 1.29 is 5.11 Å². The van der Waals surface area contributed by atoms with Crippen molar-refractivity contribution in [3.8, 4) is 10.6 Å². The molecule has 0 aliphatic carbocycles. The van der Waals surface area contributed by atoms with E-state index in [-0.39, 0.29) is 6.61 Å². The maximum atomic E-state index is 9.28. The van der Waals surface area contributed by atoms with Crippen LogP contribution in [-0.2, 0) is 13.2 Å². The van der Waals surface area contributed by atoms with Gasteiger partial charge in [-0.15, -0.1) is 16.4 Å². The molecular weight excluding hydrogens is 358 g/mol. The number of pyridine rings is 2. The fourth-order valence-corrected chi connectivity index (χ4v) is 3.93. The number of benzene rings is 1. The molecule has 5 aromatic rings. The van der Waals surface area contributed by atoms with Crippen LogP contribution in [0, 0.1) is 0 Å². The van der Waals surface area contributed by atoms with Crippen LogP contribution >= 0.6 is 11.3 Å². The van der Waals surface area contributed by atoms with Gasteiger partial charge in [-0.3, -0.25) is 4.98 Å². The Balaban J connectivity index is 1.53. The van der Waals surface area contributed by atoms with Gasteiger partial charge in [-0.2, -0.15) is 0 Å². The third kappa shape index (κ3) is 2.97. The number of thiophene rings is 1. The van der Waals surface area contributed by atoms with Crippen molar-refractivity contribution in [1.29, 1.82) is 0 Å². The smallest absolute Gasteiger partial charge is 0.179 e. The molecule has 0 spiro atoms. The van der Waals surface area contributed by atoms with E-state index in [1.807, 2.05) is 41.1 Å². The van der Waals surface area contributed by atoms with Crippen molar-refractivity contribution in [3.05, 3.63) is 71.2 Å². The Hall–Kier alpha value is -3.16. The highest BCUT2D eigenvalue weighted by Gasteiger charge is 2.11. The lowest BCUT2D eigenvalue weighted by Crippen LogP contribution is -2.03. The first kappa shape index (κ1) is 16.0. The van der Waals surface area contributed by atoms with Crippen molar-refractivity contribution in [2.45, 2.75) is 13.2 Å². The molecule has 0 unspecified atom stereocenters. The zero-order chi connectivity index (χ0) is 18.2. The Morgan fingerprint density at radius 2 is 1.93 bits per heavy atom. The van der Waals surface area contributed by atoms with Gasteiger partial charge in [0, 0.05) is 16.5 Å². The molecule has 0 radical (unpaired) electrons. The van der Waals surface area contributed by atoms with Crippen LogP contribution in [0.25, 0.3) is 32.6 Å². The summed E-state index contributed by atoms with van der Waals surface area (Å²) in [4.78, 5) is 11.1. The lowest BCUT2D eigenvalue weighted by Gasteiger charge is -2.05. The predicted octanol–water partition coefficient (Wildman–Crippen LogP) is 3.64. The zero-order valence-corrected chi connectivity index (χ0v) is 15.1. The van der Waals surface area contributed by atoms with Crippen molar-refractivity contribution >= 4 is 33.4 Å². The Labute approximate surface area is 158 Å². The number of aliphatic hydroxyl groups is 1. The van der Waals surface area contributed by atoms with Gasteiger partial charge in [0.1, 0.15) is 5.52 Å². The van der Waals surface area contributed by atoms with E-state index in [1.54, 1.807) is 6.20 Å². The van der Waals surface area contributed by atoms with Gasteiger partial charge in [-0.25, -0.2) is 9.67 Å². The van der Waals surface area contributed by atoms with Gasteiger partial charge in [-0.1, -0.05) is 17.3 Å². The van der Waals surface area contributed by atoms with E-state index >= 15 is 0 Å². The maximum absolute atomic E-state index is 9.28. The fraction of sp³-hybridized carbons (Fsp3) is 0.100. The molecule has 7 heteroatoms. The molecule has 0 saturated heterocycles. The van der Waals surface area contributed by atoms with Crippen LogP contribution in [0.1, 0.15) is 10.4 Å². The van der Waals surface area contributed by atoms with Crippen LogP contribution < -0.4 is 0 Å². The number of nitrogens with zero attached hydrogens (tertiary/aromatic N) is 5. The molecule has 0 atom stereocenters. The second kappa shape index (κ2) is 6.53. The lowest BCUT2D eigenvalue weighted by molar-refractivity contribution is 0.285. The minimum atomic E-state index is 0.0449. The second-order valence-corrected chi connectivity index (χ2v) is 7.41. The van der Waals surface area contributed by atoms with E-state index in [0.717, 1.165) is 43.1 Å². The van der Waals surface area contributed by atoms with Crippen LogP contribution in [0.3, 0.4) is 0 Å². The first-order valence-electron chi connectivity index (χ1n) is 8.54.